The zero-order chi connectivity index (χ0) is 9.38. The van der Waals surface area contributed by atoms with Crippen molar-refractivity contribution in [3.63, 3.8) is 0 Å². The molecule has 2 heterocycles. The Kier molecular flexibility index (Phi) is 1.74. The first-order chi connectivity index (χ1) is 6.93. The second-order valence-electron chi connectivity index (χ2n) is 3.40. The van der Waals surface area contributed by atoms with Gasteiger partial charge in [-0.25, -0.2) is 9.97 Å². The fourth-order valence-electron chi connectivity index (χ4n) is 1.28. The molecule has 1 aliphatic rings. The molecule has 0 atom stereocenters. The van der Waals surface area contributed by atoms with Crippen LogP contribution in [0.3, 0.4) is 0 Å². The van der Waals surface area contributed by atoms with Crippen molar-refractivity contribution < 1.29 is 0 Å². The lowest BCUT2D eigenvalue weighted by atomic mass is 10.3. The molecule has 14 heavy (non-hydrogen) atoms. The molecule has 0 bridgehead atoms. The van der Waals surface area contributed by atoms with Gasteiger partial charge >= 0.3 is 0 Å². The third-order valence-electron chi connectivity index (χ3n) is 2.22. The van der Waals surface area contributed by atoms with E-state index < -0.39 is 0 Å². The summed E-state index contributed by atoms with van der Waals surface area (Å²) in [5.74, 6) is 6.99. The fraction of sp³-hybridized carbons (Fsp3) is 0.273. The first-order valence-electron chi connectivity index (χ1n) is 4.63. The van der Waals surface area contributed by atoms with Crippen molar-refractivity contribution in [1.82, 2.24) is 9.97 Å². The molecule has 0 amide bonds. The van der Waals surface area contributed by atoms with Gasteiger partial charge < -0.3 is 0 Å². The van der Waals surface area contributed by atoms with Gasteiger partial charge in [-0.05, 0) is 30.2 Å². The largest absolute Gasteiger partial charge is 0.235 e. The van der Waals surface area contributed by atoms with Crippen LogP contribution in [0.2, 0.25) is 0 Å². The summed E-state index contributed by atoms with van der Waals surface area (Å²) in [7, 11) is 0. The normalized spacial score (nSPS) is 15.1. The minimum atomic E-state index is 0.625. The molecule has 1 aliphatic carbocycles. The van der Waals surface area contributed by atoms with Gasteiger partial charge in [0.2, 0.25) is 0 Å². The van der Waals surface area contributed by atoms with Crippen LogP contribution < -0.4 is 0 Å². The lowest BCUT2D eigenvalue weighted by Gasteiger charge is -1.90. The SMILES string of the molecule is C(#CC1CC1)c1ncnc2ccsc12. The van der Waals surface area contributed by atoms with Crippen molar-refractivity contribution >= 4 is 21.6 Å². The number of nitrogens with zero attached hydrogens (tertiary/aromatic N) is 2. The summed E-state index contributed by atoms with van der Waals surface area (Å²) < 4.78 is 1.11. The third kappa shape index (κ3) is 1.38. The number of hydrogen-bond acceptors (Lipinski definition) is 3. The first kappa shape index (κ1) is 7.95. The maximum atomic E-state index is 4.20. The van der Waals surface area contributed by atoms with Gasteiger partial charge in [-0.3, -0.25) is 0 Å². The minimum absolute atomic E-state index is 0.625. The van der Waals surface area contributed by atoms with Crippen LogP contribution in [0.25, 0.3) is 10.2 Å². The molecular weight excluding hydrogens is 192 g/mol. The van der Waals surface area contributed by atoms with Crippen LogP contribution in [-0.4, -0.2) is 9.97 Å². The molecule has 1 fully saturated rings. The van der Waals surface area contributed by atoms with E-state index in [1.54, 1.807) is 17.7 Å². The Morgan fingerprint density at radius 2 is 2.29 bits per heavy atom. The number of aromatic nitrogens is 2. The molecule has 2 aromatic heterocycles. The second-order valence-corrected chi connectivity index (χ2v) is 4.32. The van der Waals surface area contributed by atoms with Crippen LogP contribution in [-0.2, 0) is 0 Å². The predicted molar refractivity (Wildman–Crippen MR) is 57.0 cm³/mol. The van der Waals surface area contributed by atoms with Crippen LogP contribution >= 0.6 is 11.3 Å². The van der Waals surface area contributed by atoms with Gasteiger partial charge in [0.25, 0.3) is 0 Å². The Hall–Kier alpha value is -1.40. The van der Waals surface area contributed by atoms with E-state index in [-0.39, 0.29) is 0 Å². The minimum Gasteiger partial charge on any atom is -0.235 e. The molecule has 0 saturated heterocycles. The molecule has 0 radical (unpaired) electrons. The van der Waals surface area contributed by atoms with Crippen molar-refractivity contribution in [2.75, 3.05) is 0 Å². The summed E-state index contributed by atoms with van der Waals surface area (Å²) in [6, 6.07) is 2.00. The fourth-order valence-corrected chi connectivity index (χ4v) is 2.07. The van der Waals surface area contributed by atoms with Crippen LogP contribution in [0.15, 0.2) is 17.8 Å². The van der Waals surface area contributed by atoms with Crippen molar-refractivity contribution in [3.05, 3.63) is 23.5 Å². The molecule has 0 unspecified atom stereocenters. The van der Waals surface area contributed by atoms with Crippen LogP contribution in [0.5, 0.6) is 0 Å². The van der Waals surface area contributed by atoms with Crippen LogP contribution in [0, 0.1) is 17.8 Å². The van der Waals surface area contributed by atoms with E-state index >= 15 is 0 Å². The summed E-state index contributed by atoms with van der Waals surface area (Å²) in [6.45, 7) is 0. The zero-order valence-electron chi connectivity index (χ0n) is 7.53. The highest BCUT2D eigenvalue weighted by atomic mass is 32.1. The number of fused-ring (bicyclic) bond motifs is 1. The van der Waals surface area contributed by atoms with E-state index in [9.17, 15) is 0 Å². The zero-order valence-corrected chi connectivity index (χ0v) is 8.34. The molecule has 2 aromatic rings. The number of thiophene rings is 1. The standard InChI is InChI=1S/C11H8N2S/c1-2-8(1)3-4-9-11-10(5-6-14-11)13-7-12-9/h5-8H,1-2H2. The topological polar surface area (TPSA) is 25.8 Å². The van der Waals surface area contributed by atoms with Gasteiger partial charge in [-0.1, -0.05) is 5.92 Å². The summed E-state index contributed by atoms with van der Waals surface area (Å²) in [4.78, 5) is 8.38. The van der Waals surface area contributed by atoms with E-state index in [0.717, 1.165) is 15.9 Å². The van der Waals surface area contributed by atoms with Gasteiger partial charge in [0.1, 0.15) is 12.0 Å². The number of hydrogen-bond donors (Lipinski definition) is 0. The molecule has 1 saturated carbocycles. The average Bonchev–Trinajstić information content (AvgIpc) is 2.91. The van der Waals surface area contributed by atoms with E-state index in [1.165, 1.54) is 12.8 Å². The van der Waals surface area contributed by atoms with E-state index in [4.69, 9.17) is 0 Å². The maximum Gasteiger partial charge on any atom is 0.134 e. The van der Waals surface area contributed by atoms with Crippen LogP contribution in [0.1, 0.15) is 18.5 Å². The van der Waals surface area contributed by atoms with Crippen molar-refractivity contribution in [2.45, 2.75) is 12.8 Å². The molecule has 0 spiro atoms. The summed E-state index contributed by atoms with van der Waals surface area (Å²) in [5, 5.41) is 2.03. The highest BCUT2D eigenvalue weighted by Gasteiger charge is 2.17. The Balaban J connectivity index is 2.11. The van der Waals surface area contributed by atoms with Gasteiger partial charge in [0, 0.05) is 5.92 Å². The smallest absolute Gasteiger partial charge is 0.134 e. The summed E-state index contributed by atoms with van der Waals surface area (Å²) >= 11 is 1.66. The van der Waals surface area contributed by atoms with Gasteiger partial charge in [-0.15, -0.1) is 11.3 Å². The molecule has 68 valence electrons. The lowest BCUT2D eigenvalue weighted by Crippen LogP contribution is -1.84. The van der Waals surface area contributed by atoms with Crippen LogP contribution in [0.4, 0.5) is 0 Å². The van der Waals surface area contributed by atoms with Crippen molar-refractivity contribution in [3.8, 4) is 11.8 Å². The molecule has 0 aromatic carbocycles. The Labute approximate surface area is 86.0 Å². The Morgan fingerprint density at radius 3 is 3.14 bits per heavy atom. The van der Waals surface area contributed by atoms with Crippen molar-refractivity contribution in [2.24, 2.45) is 5.92 Å². The maximum absolute atomic E-state index is 4.20. The first-order valence-corrected chi connectivity index (χ1v) is 5.51. The average molecular weight is 200 g/mol. The molecule has 3 rings (SSSR count). The molecule has 0 aliphatic heterocycles. The quantitative estimate of drug-likeness (QED) is 0.610. The third-order valence-corrected chi connectivity index (χ3v) is 3.13. The van der Waals surface area contributed by atoms with Gasteiger partial charge in [0.05, 0.1) is 10.2 Å². The van der Waals surface area contributed by atoms with E-state index in [1.807, 2.05) is 11.4 Å². The molecular formula is C11H8N2S. The molecule has 0 N–H and O–H groups in total. The molecule has 2 nitrogen and oxygen atoms in total. The van der Waals surface area contributed by atoms with E-state index in [0.29, 0.717) is 5.92 Å². The highest BCUT2D eigenvalue weighted by Crippen LogP contribution is 2.28. The predicted octanol–water partition coefficient (Wildman–Crippen LogP) is 2.45. The number of rotatable bonds is 0. The Bertz CT molecular complexity index is 529. The van der Waals surface area contributed by atoms with Crippen molar-refractivity contribution in [1.29, 1.82) is 0 Å². The second kappa shape index (κ2) is 3.07. The summed E-state index contributed by atoms with van der Waals surface area (Å²) in [6.07, 6.45) is 4.10. The molecule has 3 heteroatoms. The Morgan fingerprint density at radius 1 is 1.36 bits per heavy atom. The lowest BCUT2D eigenvalue weighted by molar-refractivity contribution is 1.17. The monoisotopic (exact) mass is 200 g/mol. The van der Waals surface area contributed by atoms with Gasteiger partial charge in [0.15, 0.2) is 0 Å². The summed E-state index contributed by atoms with van der Waals surface area (Å²) in [5.41, 5.74) is 1.89. The van der Waals surface area contributed by atoms with E-state index in [2.05, 4.69) is 21.8 Å². The van der Waals surface area contributed by atoms with Gasteiger partial charge in [-0.2, -0.15) is 0 Å². The highest BCUT2D eigenvalue weighted by molar-refractivity contribution is 7.17.